The van der Waals surface area contributed by atoms with E-state index in [2.05, 4.69) is 5.32 Å². The molecule has 0 aliphatic carbocycles. The molecule has 156 valence electrons. The Bertz CT molecular complexity index is 1020. The van der Waals surface area contributed by atoms with Crippen LogP contribution in [0.2, 0.25) is 0 Å². The molecule has 0 saturated carbocycles. The van der Waals surface area contributed by atoms with E-state index in [1.807, 2.05) is 42.5 Å². The van der Waals surface area contributed by atoms with Crippen molar-refractivity contribution in [2.24, 2.45) is 0 Å². The number of benzene rings is 2. The lowest BCUT2D eigenvalue weighted by Crippen LogP contribution is -3.17. The van der Waals surface area contributed by atoms with E-state index in [1.165, 1.54) is 7.11 Å². The summed E-state index contributed by atoms with van der Waals surface area (Å²) in [5.74, 6) is -0.771. The third-order valence-corrected chi connectivity index (χ3v) is 6.07. The molecule has 2 aliphatic heterocycles. The minimum absolute atomic E-state index is 0.0825. The number of anilines is 2. The zero-order chi connectivity index (χ0) is 21.5. The summed E-state index contributed by atoms with van der Waals surface area (Å²) in [6, 6.07) is 14.8. The van der Waals surface area contributed by atoms with Crippen LogP contribution in [0, 0.1) is 0 Å². The number of para-hydroxylation sites is 2. The fraction of sp³-hybridized carbons (Fsp3) is 0.348. The third-order valence-electron chi connectivity index (χ3n) is 6.07. The second-order valence-corrected chi connectivity index (χ2v) is 8.32. The number of esters is 1. The van der Waals surface area contributed by atoms with Crippen molar-refractivity contribution < 1.29 is 24.0 Å². The molecule has 0 radical (unpaired) electrons. The number of fused-ring (bicyclic) bond motifs is 2. The van der Waals surface area contributed by atoms with Crippen molar-refractivity contribution in [1.82, 2.24) is 0 Å². The highest BCUT2D eigenvalue weighted by molar-refractivity contribution is 6.14. The van der Waals surface area contributed by atoms with Gasteiger partial charge in [0.2, 0.25) is 5.91 Å². The molecule has 7 heteroatoms. The summed E-state index contributed by atoms with van der Waals surface area (Å²) in [7, 11) is 1.37. The van der Waals surface area contributed by atoms with E-state index in [4.69, 9.17) is 4.74 Å². The molecular formula is C23H26N3O4+. The van der Waals surface area contributed by atoms with Gasteiger partial charge in [0.15, 0.2) is 12.6 Å². The summed E-state index contributed by atoms with van der Waals surface area (Å²) < 4.78 is 5.03. The summed E-state index contributed by atoms with van der Waals surface area (Å²) in [6.07, 6.45) is 0.520. The molecule has 30 heavy (non-hydrogen) atoms. The highest BCUT2D eigenvalue weighted by atomic mass is 16.5. The van der Waals surface area contributed by atoms with E-state index in [1.54, 1.807) is 24.8 Å². The van der Waals surface area contributed by atoms with Crippen LogP contribution in [-0.2, 0) is 32.1 Å². The molecule has 2 aromatic carbocycles. The van der Waals surface area contributed by atoms with Gasteiger partial charge >= 0.3 is 5.97 Å². The largest absolute Gasteiger partial charge is 0.465 e. The van der Waals surface area contributed by atoms with Gasteiger partial charge in [-0.3, -0.25) is 14.5 Å². The van der Waals surface area contributed by atoms with Crippen molar-refractivity contribution >= 4 is 29.2 Å². The summed E-state index contributed by atoms with van der Waals surface area (Å²) >= 11 is 0. The Balaban J connectivity index is 1.66. The van der Waals surface area contributed by atoms with E-state index < -0.39 is 11.6 Å². The van der Waals surface area contributed by atoms with Crippen LogP contribution in [0.15, 0.2) is 48.5 Å². The number of carbonyl (C=O) groups is 3. The van der Waals surface area contributed by atoms with E-state index in [0.717, 1.165) is 16.0 Å². The molecule has 2 aliphatic rings. The summed E-state index contributed by atoms with van der Waals surface area (Å²) in [4.78, 5) is 41.1. The second-order valence-electron chi connectivity index (χ2n) is 8.32. The van der Waals surface area contributed by atoms with Gasteiger partial charge in [-0.15, -0.1) is 0 Å². The van der Waals surface area contributed by atoms with Crippen molar-refractivity contribution in [2.75, 3.05) is 23.9 Å². The van der Waals surface area contributed by atoms with Gasteiger partial charge in [0.25, 0.3) is 5.91 Å². The van der Waals surface area contributed by atoms with Crippen LogP contribution in [0.25, 0.3) is 0 Å². The molecule has 4 rings (SSSR count). The van der Waals surface area contributed by atoms with Gasteiger partial charge in [0.1, 0.15) is 12.1 Å². The Hall–Kier alpha value is -3.19. The Labute approximate surface area is 175 Å². The van der Waals surface area contributed by atoms with Crippen LogP contribution in [0.1, 0.15) is 25.0 Å². The first-order valence-electron chi connectivity index (χ1n) is 10.1. The van der Waals surface area contributed by atoms with Crippen LogP contribution in [0.5, 0.6) is 0 Å². The standard InChI is InChI=1S/C23H25N3O4/c1-23(2)22(29)24-17-10-6-7-11-18(17)26(23)20(27)14-25-13-16-9-5-4-8-15(16)12-19(25)21(28)30-3/h4-11,19H,12-14H2,1-3H3,(H,24,29)/p+1/t19-/m0/s1. The quantitative estimate of drug-likeness (QED) is 0.741. The Morgan fingerprint density at radius 1 is 1.13 bits per heavy atom. The van der Waals surface area contributed by atoms with E-state index in [0.29, 0.717) is 24.3 Å². The van der Waals surface area contributed by atoms with Gasteiger partial charge in [-0.2, -0.15) is 0 Å². The van der Waals surface area contributed by atoms with Crippen molar-refractivity contribution in [3.8, 4) is 0 Å². The fourth-order valence-electron chi connectivity index (χ4n) is 4.41. The Morgan fingerprint density at radius 3 is 2.53 bits per heavy atom. The molecule has 0 fully saturated rings. The minimum Gasteiger partial charge on any atom is -0.465 e. The van der Waals surface area contributed by atoms with Crippen molar-refractivity contribution in [3.63, 3.8) is 0 Å². The number of hydrogen-bond acceptors (Lipinski definition) is 4. The maximum Gasteiger partial charge on any atom is 0.365 e. The number of carbonyl (C=O) groups excluding carboxylic acids is 3. The van der Waals surface area contributed by atoms with E-state index in [-0.39, 0.29) is 24.3 Å². The highest BCUT2D eigenvalue weighted by Gasteiger charge is 2.46. The Kier molecular flexibility index (Phi) is 5.07. The predicted molar refractivity (Wildman–Crippen MR) is 112 cm³/mol. The van der Waals surface area contributed by atoms with Crippen LogP contribution < -0.4 is 15.1 Å². The average Bonchev–Trinajstić information content (AvgIpc) is 2.73. The first kappa shape index (κ1) is 20.1. The number of amides is 2. The summed E-state index contributed by atoms with van der Waals surface area (Å²) in [5.41, 5.74) is 2.46. The summed E-state index contributed by atoms with van der Waals surface area (Å²) in [6.45, 7) is 4.09. The van der Waals surface area contributed by atoms with Gasteiger partial charge < -0.3 is 15.0 Å². The maximum atomic E-state index is 13.5. The first-order chi connectivity index (χ1) is 14.3. The number of quaternary nitrogens is 1. The van der Waals surface area contributed by atoms with Crippen LogP contribution in [0.4, 0.5) is 11.4 Å². The van der Waals surface area contributed by atoms with Gasteiger partial charge in [0.05, 0.1) is 18.5 Å². The molecule has 0 saturated heterocycles. The molecule has 2 atom stereocenters. The fourth-order valence-corrected chi connectivity index (χ4v) is 4.41. The van der Waals surface area contributed by atoms with Crippen LogP contribution in [-0.4, -0.2) is 43.0 Å². The zero-order valence-electron chi connectivity index (χ0n) is 17.4. The molecule has 0 aromatic heterocycles. The molecule has 2 aromatic rings. The second kappa shape index (κ2) is 7.57. The van der Waals surface area contributed by atoms with Gasteiger partial charge in [0, 0.05) is 12.0 Å². The molecule has 1 unspecified atom stereocenters. The predicted octanol–water partition coefficient (Wildman–Crippen LogP) is 0.933. The van der Waals surface area contributed by atoms with Crippen molar-refractivity contribution in [3.05, 3.63) is 59.7 Å². The lowest BCUT2D eigenvalue weighted by Gasteiger charge is -2.42. The molecule has 7 nitrogen and oxygen atoms in total. The normalized spacial score (nSPS) is 21.8. The minimum atomic E-state index is -1.04. The van der Waals surface area contributed by atoms with Crippen LogP contribution in [0.3, 0.4) is 0 Å². The molecular weight excluding hydrogens is 382 g/mol. The van der Waals surface area contributed by atoms with Crippen LogP contribution >= 0.6 is 0 Å². The molecule has 2 amide bonds. The van der Waals surface area contributed by atoms with Crippen molar-refractivity contribution in [2.45, 2.75) is 38.4 Å². The molecule has 0 bridgehead atoms. The van der Waals surface area contributed by atoms with Gasteiger partial charge in [-0.05, 0) is 31.5 Å². The number of ether oxygens (including phenoxy) is 1. The first-order valence-corrected chi connectivity index (χ1v) is 10.1. The highest BCUT2D eigenvalue weighted by Crippen LogP contribution is 2.36. The Morgan fingerprint density at radius 2 is 1.80 bits per heavy atom. The van der Waals surface area contributed by atoms with Gasteiger partial charge in [-0.1, -0.05) is 36.4 Å². The number of nitrogens with one attached hydrogen (secondary N) is 2. The SMILES string of the molecule is COC(=O)[C@@H]1Cc2ccccc2C[NH+]1CC(=O)N1c2ccccc2NC(=O)C1(C)C. The topological polar surface area (TPSA) is 80.2 Å². The lowest BCUT2D eigenvalue weighted by atomic mass is 9.93. The number of nitrogens with zero attached hydrogens (tertiary/aromatic N) is 1. The average molecular weight is 408 g/mol. The van der Waals surface area contributed by atoms with Crippen molar-refractivity contribution in [1.29, 1.82) is 0 Å². The van der Waals surface area contributed by atoms with E-state index in [9.17, 15) is 14.4 Å². The zero-order valence-corrected chi connectivity index (χ0v) is 17.4. The summed E-state index contributed by atoms with van der Waals surface area (Å²) in [5, 5.41) is 2.87. The molecule has 0 spiro atoms. The van der Waals surface area contributed by atoms with Gasteiger partial charge in [-0.25, -0.2) is 4.79 Å². The number of rotatable bonds is 3. The smallest absolute Gasteiger partial charge is 0.365 e. The maximum absolute atomic E-state index is 13.5. The molecule has 2 N–H and O–H groups in total. The van der Waals surface area contributed by atoms with E-state index >= 15 is 0 Å². The molecule has 2 heterocycles. The lowest BCUT2D eigenvalue weighted by molar-refractivity contribution is -0.924. The monoisotopic (exact) mass is 408 g/mol. The third kappa shape index (κ3) is 3.35. The number of hydrogen-bond donors (Lipinski definition) is 2. The number of methoxy groups -OCH3 is 1.